The largest absolute Gasteiger partial charge is 0.493 e. The molecule has 0 spiro atoms. The van der Waals surface area contributed by atoms with Crippen LogP contribution in [0.15, 0.2) is 60.7 Å². The number of hydroxylamine groups is 1. The minimum atomic E-state index is -0.580. The Bertz CT molecular complexity index is 1460. The predicted molar refractivity (Wildman–Crippen MR) is 169 cm³/mol. The van der Waals surface area contributed by atoms with Crippen molar-refractivity contribution in [3.8, 4) is 11.5 Å². The van der Waals surface area contributed by atoms with Crippen molar-refractivity contribution in [1.82, 2.24) is 15.7 Å². The number of amides is 2. The van der Waals surface area contributed by atoms with E-state index in [1.807, 2.05) is 48.5 Å². The molecule has 2 aliphatic rings. The molecule has 3 unspecified atom stereocenters. The van der Waals surface area contributed by atoms with Crippen LogP contribution in [0.25, 0.3) is 0 Å². The predicted octanol–water partition coefficient (Wildman–Crippen LogP) is 4.09. The SMILES string of the molecule is COc1cc2c(cc1OC)CN(CC1CC(c3ccc(CO)cc3)OC(c3ccc(CNC(=O)CCCC(=O)NO)cc3)O1)CC2. The number of fused-ring (bicyclic) bond motifs is 1. The minimum absolute atomic E-state index is 0.0130. The summed E-state index contributed by atoms with van der Waals surface area (Å²) >= 11 is 0. The highest BCUT2D eigenvalue weighted by molar-refractivity contribution is 5.78. The van der Waals surface area contributed by atoms with Gasteiger partial charge in [0.1, 0.15) is 0 Å². The van der Waals surface area contributed by atoms with Crippen molar-refractivity contribution in [1.29, 1.82) is 0 Å². The Labute approximate surface area is 269 Å². The molecule has 246 valence electrons. The van der Waals surface area contributed by atoms with E-state index in [2.05, 4.69) is 22.3 Å². The maximum absolute atomic E-state index is 12.2. The molecule has 5 rings (SSSR count). The normalized spacial score (nSPS) is 19.6. The third-order valence-electron chi connectivity index (χ3n) is 8.55. The number of rotatable bonds is 13. The molecule has 46 heavy (non-hydrogen) atoms. The molecule has 11 heteroatoms. The van der Waals surface area contributed by atoms with E-state index in [9.17, 15) is 14.7 Å². The first-order valence-corrected chi connectivity index (χ1v) is 15.6. The Balaban J connectivity index is 1.25. The second-order valence-corrected chi connectivity index (χ2v) is 11.7. The number of benzene rings is 3. The zero-order valence-corrected chi connectivity index (χ0v) is 26.4. The molecule has 2 amide bonds. The van der Waals surface area contributed by atoms with Crippen LogP contribution in [0.1, 0.15) is 71.5 Å². The smallest absolute Gasteiger partial charge is 0.243 e. The first-order valence-electron chi connectivity index (χ1n) is 15.6. The van der Waals surface area contributed by atoms with E-state index < -0.39 is 12.2 Å². The Hall–Kier alpha value is -4.00. The Morgan fingerprint density at radius 3 is 2.22 bits per heavy atom. The molecule has 1 fully saturated rings. The van der Waals surface area contributed by atoms with Gasteiger partial charge >= 0.3 is 0 Å². The van der Waals surface area contributed by atoms with Crippen LogP contribution in [0.2, 0.25) is 0 Å². The lowest BCUT2D eigenvalue weighted by molar-refractivity contribution is -0.253. The fourth-order valence-corrected chi connectivity index (χ4v) is 5.97. The van der Waals surface area contributed by atoms with Crippen molar-refractivity contribution in [2.75, 3.05) is 27.3 Å². The summed E-state index contributed by atoms with van der Waals surface area (Å²) in [4.78, 5) is 25.7. The number of hydrogen-bond donors (Lipinski definition) is 4. The van der Waals surface area contributed by atoms with Gasteiger partial charge in [-0.05, 0) is 52.8 Å². The van der Waals surface area contributed by atoms with Crippen LogP contribution in [-0.2, 0) is 45.2 Å². The Morgan fingerprint density at radius 2 is 1.54 bits per heavy atom. The number of nitrogens with one attached hydrogen (secondary N) is 2. The standard InChI is InChI=1S/C35H43N3O8/c1-43-31-16-27-14-15-38(20-28(27)17-32(31)44-2)21-29-18-30(25-10-8-24(22-39)9-11-25)46-35(45-29)26-12-6-23(7-13-26)19-36-33(40)4-3-5-34(41)37-42/h6-13,16-17,29-30,35,39,42H,3-5,14-15,18-22H2,1-2H3,(H,36,40)(H,37,41). The summed E-state index contributed by atoms with van der Waals surface area (Å²) in [6.45, 7) is 2.77. The zero-order valence-electron chi connectivity index (χ0n) is 26.4. The molecule has 0 bridgehead atoms. The van der Waals surface area contributed by atoms with E-state index in [1.54, 1.807) is 19.7 Å². The van der Waals surface area contributed by atoms with E-state index >= 15 is 0 Å². The number of aliphatic hydroxyl groups is 1. The van der Waals surface area contributed by atoms with Gasteiger partial charge in [-0.1, -0.05) is 48.5 Å². The summed E-state index contributed by atoms with van der Waals surface area (Å²) in [5, 5.41) is 21.0. The summed E-state index contributed by atoms with van der Waals surface area (Å²) in [5.74, 6) is 0.806. The highest BCUT2D eigenvalue weighted by atomic mass is 16.7. The monoisotopic (exact) mass is 633 g/mol. The van der Waals surface area contributed by atoms with Crippen LogP contribution in [0.4, 0.5) is 0 Å². The number of hydrogen-bond acceptors (Lipinski definition) is 9. The van der Waals surface area contributed by atoms with Crippen LogP contribution >= 0.6 is 0 Å². The second kappa shape index (κ2) is 16.0. The quantitative estimate of drug-likeness (QED) is 0.162. The minimum Gasteiger partial charge on any atom is -0.493 e. The summed E-state index contributed by atoms with van der Waals surface area (Å²) in [6, 6.07) is 19.8. The number of carbonyl (C=O) groups is 2. The molecule has 11 nitrogen and oxygen atoms in total. The zero-order chi connectivity index (χ0) is 32.5. The fraction of sp³-hybridized carbons (Fsp3) is 0.429. The van der Waals surface area contributed by atoms with E-state index in [0.29, 0.717) is 19.4 Å². The molecule has 0 aliphatic carbocycles. The van der Waals surface area contributed by atoms with Crippen LogP contribution in [0.3, 0.4) is 0 Å². The van der Waals surface area contributed by atoms with Crippen molar-refractivity contribution >= 4 is 11.8 Å². The molecule has 1 saturated heterocycles. The van der Waals surface area contributed by atoms with Crippen molar-refractivity contribution in [3.05, 3.63) is 94.0 Å². The van der Waals surface area contributed by atoms with Gasteiger partial charge in [-0.15, -0.1) is 0 Å². The summed E-state index contributed by atoms with van der Waals surface area (Å²) < 4.78 is 24.2. The summed E-state index contributed by atoms with van der Waals surface area (Å²) in [7, 11) is 3.31. The Morgan fingerprint density at radius 1 is 0.891 bits per heavy atom. The fourth-order valence-electron chi connectivity index (χ4n) is 5.97. The van der Waals surface area contributed by atoms with Gasteiger partial charge in [0, 0.05) is 51.0 Å². The van der Waals surface area contributed by atoms with Gasteiger partial charge in [0.05, 0.1) is 33.0 Å². The lowest BCUT2D eigenvalue weighted by Gasteiger charge is -2.39. The number of nitrogens with zero attached hydrogens (tertiary/aromatic N) is 1. The van der Waals surface area contributed by atoms with Crippen LogP contribution in [0, 0.1) is 0 Å². The molecule has 0 radical (unpaired) electrons. The van der Waals surface area contributed by atoms with E-state index in [1.165, 1.54) is 11.1 Å². The molecule has 0 saturated carbocycles. The first kappa shape index (κ1) is 33.4. The van der Waals surface area contributed by atoms with Crippen LogP contribution in [0.5, 0.6) is 11.5 Å². The molecule has 3 aromatic rings. The maximum atomic E-state index is 12.2. The van der Waals surface area contributed by atoms with E-state index in [4.69, 9.17) is 24.2 Å². The average molecular weight is 634 g/mol. The van der Waals surface area contributed by atoms with Crippen molar-refractivity contribution in [3.63, 3.8) is 0 Å². The number of ether oxygens (including phenoxy) is 4. The highest BCUT2D eigenvalue weighted by Gasteiger charge is 2.34. The molecule has 3 aromatic carbocycles. The molecule has 3 atom stereocenters. The average Bonchev–Trinajstić information content (AvgIpc) is 3.10. The number of carbonyl (C=O) groups excluding carboxylic acids is 2. The van der Waals surface area contributed by atoms with Gasteiger partial charge in [0.2, 0.25) is 11.8 Å². The van der Waals surface area contributed by atoms with Crippen molar-refractivity contribution < 1.29 is 38.9 Å². The maximum Gasteiger partial charge on any atom is 0.243 e. The van der Waals surface area contributed by atoms with Crippen molar-refractivity contribution in [2.45, 2.75) is 70.3 Å². The van der Waals surface area contributed by atoms with Gasteiger partial charge < -0.3 is 29.4 Å². The summed E-state index contributed by atoms with van der Waals surface area (Å²) in [6.07, 6.45) is 1.37. The van der Waals surface area contributed by atoms with Crippen LogP contribution in [-0.4, -0.2) is 60.4 Å². The molecule has 2 aliphatic heterocycles. The van der Waals surface area contributed by atoms with E-state index in [-0.39, 0.29) is 37.6 Å². The topological polar surface area (TPSA) is 139 Å². The Kier molecular flexibility index (Phi) is 11.6. The molecular weight excluding hydrogens is 590 g/mol. The molecule has 2 heterocycles. The van der Waals surface area contributed by atoms with E-state index in [0.717, 1.165) is 59.8 Å². The molecular formula is C35H43N3O8. The van der Waals surface area contributed by atoms with Crippen molar-refractivity contribution in [2.24, 2.45) is 0 Å². The number of aliphatic hydroxyl groups excluding tert-OH is 1. The highest BCUT2D eigenvalue weighted by Crippen LogP contribution is 2.39. The van der Waals surface area contributed by atoms with Gasteiger partial charge in [0.25, 0.3) is 0 Å². The van der Waals surface area contributed by atoms with Gasteiger partial charge in [-0.25, -0.2) is 5.48 Å². The van der Waals surface area contributed by atoms with Crippen LogP contribution < -0.4 is 20.3 Å². The number of methoxy groups -OCH3 is 2. The molecule has 0 aromatic heterocycles. The third-order valence-corrected chi connectivity index (χ3v) is 8.55. The van der Waals surface area contributed by atoms with Gasteiger partial charge in [-0.3, -0.25) is 19.7 Å². The summed E-state index contributed by atoms with van der Waals surface area (Å²) in [5.41, 5.74) is 7.75. The van der Waals surface area contributed by atoms with Gasteiger partial charge in [0.15, 0.2) is 17.8 Å². The lowest BCUT2D eigenvalue weighted by atomic mass is 9.97. The van der Waals surface area contributed by atoms with Gasteiger partial charge in [-0.2, -0.15) is 0 Å². The second-order valence-electron chi connectivity index (χ2n) is 11.7. The first-order chi connectivity index (χ1) is 22.4. The molecule has 4 N–H and O–H groups in total. The third kappa shape index (κ3) is 8.62. The lowest BCUT2D eigenvalue weighted by Crippen LogP contribution is -2.41.